The van der Waals surface area contributed by atoms with Gasteiger partial charge in [-0.25, -0.2) is 4.98 Å². The highest BCUT2D eigenvalue weighted by Gasteiger charge is 1.89. The van der Waals surface area contributed by atoms with E-state index in [4.69, 9.17) is 0 Å². The van der Waals surface area contributed by atoms with Gasteiger partial charge in [-0.3, -0.25) is 10.1 Å². The van der Waals surface area contributed by atoms with Crippen molar-refractivity contribution >= 4 is 17.4 Å². The fraction of sp³-hybridized carbons (Fsp3) is 0. The minimum Gasteiger partial charge on any atom is -0.259 e. The molecule has 5 heteroatoms. The maximum Gasteiger partial charge on any atom is 0.236 e. The number of rotatable bonds is 2. The summed E-state index contributed by atoms with van der Waals surface area (Å²) in [7, 11) is 0. The number of hydrogen-bond acceptors (Lipinski definition) is 4. The van der Waals surface area contributed by atoms with Crippen LogP contribution >= 0.6 is 11.3 Å². The van der Waals surface area contributed by atoms with E-state index in [1.807, 2.05) is 0 Å². The molecule has 0 bridgehead atoms. The molecular formula is C5H4N2O2S. The number of nitrogens with zero attached hydrogens (tertiary/aromatic N) is 2. The first-order valence-corrected chi connectivity index (χ1v) is 3.43. The smallest absolute Gasteiger partial charge is 0.236 e. The molecule has 0 amide bonds. The molecule has 0 aliphatic heterocycles. The van der Waals surface area contributed by atoms with Gasteiger partial charge in [0.15, 0.2) is 0 Å². The van der Waals surface area contributed by atoms with E-state index in [-0.39, 0.29) is 0 Å². The van der Waals surface area contributed by atoms with Crippen LogP contribution in [0.1, 0.15) is 5.69 Å². The van der Waals surface area contributed by atoms with E-state index in [0.29, 0.717) is 5.69 Å². The molecule has 0 spiro atoms. The minimum atomic E-state index is -0.515. The molecule has 0 saturated carbocycles. The predicted molar refractivity (Wildman–Crippen MR) is 38.1 cm³/mol. The lowest BCUT2D eigenvalue weighted by atomic mass is 10.5. The first-order valence-electron chi connectivity index (χ1n) is 2.49. The normalized spacial score (nSPS) is 10.4. The number of nitro groups is 1. The van der Waals surface area contributed by atoms with E-state index in [2.05, 4.69) is 4.98 Å². The van der Waals surface area contributed by atoms with E-state index in [9.17, 15) is 10.1 Å². The van der Waals surface area contributed by atoms with E-state index >= 15 is 0 Å². The quantitative estimate of drug-likeness (QED) is 0.480. The third kappa shape index (κ3) is 1.94. The standard InChI is InChI=1S/C5H4N2O2S/c8-7(9)2-1-5-3-10-4-6-5/h1-4H. The van der Waals surface area contributed by atoms with Crippen molar-refractivity contribution in [3.05, 3.63) is 32.9 Å². The van der Waals surface area contributed by atoms with Gasteiger partial charge >= 0.3 is 0 Å². The maximum absolute atomic E-state index is 9.79. The highest BCUT2D eigenvalue weighted by Crippen LogP contribution is 2.02. The molecule has 1 heterocycles. The Morgan fingerprint density at radius 1 is 1.80 bits per heavy atom. The van der Waals surface area contributed by atoms with Crippen LogP contribution in [0, 0.1) is 10.1 Å². The molecular weight excluding hydrogens is 152 g/mol. The van der Waals surface area contributed by atoms with E-state index in [0.717, 1.165) is 6.20 Å². The summed E-state index contributed by atoms with van der Waals surface area (Å²) < 4.78 is 0. The summed E-state index contributed by atoms with van der Waals surface area (Å²) in [5.74, 6) is 0. The SMILES string of the molecule is O=[N+]([O-])C=Cc1cscn1. The molecule has 0 aliphatic rings. The molecule has 0 radical (unpaired) electrons. The highest BCUT2D eigenvalue weighted by atomic mass is 32.1. The van der Waals surface area contributed by atoms with Crippen molar-refractivity contribution in [3.8, 4) is 0 Å². The van der Waals surface area contributed by atoms with Crippen molar-refractivity contribution in [1.29, 1.82) is 0 Å². The van der Waals surface area contributed by atoms with E-state index < -0.39 is 4.92 Å². The molecule has 0 N–H and O–H groups in total. The number of aromatic nitrogens is 1. The topological polar surface area (TPSA) is 56.0 Å². The van der Waals surface area contributed by atoms with Gasteiger partial charge in [0, 0.05) is 11.5 Å². The van der Waals surface area contributed by atoms with Gasteiger partial charge in [0.2, 0.25) is 6.20 Å². The van der Waals surface area contributed by atoms with Crippen LogP contribution in [0.2, 0.25) is 0 Å². The van der Waals surface area contributed by atoms with Crippen LogP contribution < -0.4 is 0 Å². The van der Waals surface area contributed by atoms with Crippen LogP contribution in [-0.2, 0) is 0 Å². The zero-order valence-electron chi connectivity index (χ0n) is 4.93. The molecule has 0 aromatic carbocycles. The van der Waals surface area contributed by atoms with Crippen molar-refractivity contribution < 1.29 is 4.92 Å². The Bertz CT molecular complexity index is 242. The molecule has 1 aromatic heterocycles. The summed E-state index contributed by atoms with van der Waals surface area (Å²) >= 11 is 1.41. The highest BCUT2D eigenvalue weighted by molar-refractivity contribution is 7.07. The van der Waals surface area contributed by atoms with Gasteiger partial charge in [-0.2, -0.15) is 0 Å². The first kappa shape index (κ1) is 6.88. The molecule has 1 aromatic rings. The molecule has 0 unspecified atom stereocenters. The van der Waals surface area contributed by atoms with Crippen molar-refractivity contribution in [2.75, 3.05) is 0 Å². The molecule has 0 atom stereocenters. The Balaban J connectivity index is 2.64. The average Bonchev–Trinajstić information content (AvgIpc) is 2.34. The zero-order valence-corrected chi connectivity index (χ0v) is 5.75. The fourth-order valence-corrected chi connectivity index (χ4v) is 0.964. The summed E-state index contributed by atoms with van der Waals surface area (Å²) in [6.07, 6.45) is 2.23. The van der Waals surface area contributed by atoms with Gasteiger partial charge in [-0.05, 0) is 0 Å². The summed E-state index contributed by atoms with van der Waals surface area (Å²) in [5.41, 5.74) is 2.25. The van der Waals surface area contributed by atoms with Gasteiger partial charge in [0.25, 0.3) is 0 Å². The Kier molecular flexibility index (Phi) is 2.11. The van der Waals surface area contributed by atoms with Gasteiger partial charge < -0.3 is 0 Å². The van der Waals surface area contributed by atoms with Crippen LogP contribution in [-0.4, -0.2) is 9.91 Å². The van der Waals surface area contributed by atoms with Crippen LogP contribution in [0.25, 0.3) is 6.08 Å². The Labute approximate surface area is 61.0 Å². The Morgan fingerprint density at radius 2 is 2.60 bits per heavy atom. The summed E-state index contributed by atoms with van der Waals surface area (Å²) in [4.78, 5) is 13.1. The molecule has 10 heavy (non-hydrogen) atoms. The Morgan fingerprint density at radius 3 is 3.10 bits per heavy atom. The van der Waals surface area contributed by atoms with Crippen molar-refractivity contribution in [2.45, 2.75) is 0 Å². The fourth-order valence-electron chi connectivity index (χ4n) is 0.441. The molecule has 4 nitrogen and oxygen atoms in total. The number of thiazole rings is 1. The van der Waals surface area contributed by atoms with Gasteiger partial charge in [-0.1, -0.05) is 0 Å². The maximum atomic E-state index is 9.79. The van der Waals surface area contributed by atoms with E-state index in [1.54, 1.807) is 10.9 Å². The second kappa shape index (κ2) is 3.07. The van der Waals surface area contributed by atoms with Crippen LogP contribution in [0.15, 0.2) is 17.1 Å². The van der Waals surface area contributed by atoms with Crippen LogP contribution in [0.4, 0.5) is 0 Å². The molecule has 0 aliphatic carbocycles. The lowest BCUT2D eigenvalue weighted by Crippen LogP contribution is -1.81. The Hall–Kier alpha value is -1.23. The van der Waals surface area contributed by atoms with Gasteiger partial charge in [0.05, 0.1) is 16.1 Å². The molecule has 1 rings (SSSR count). The average molecular weight is 156 g/mol. The van der Waals surface area contributed by atoms with Crippen molar-refractivity contribution in [3.63, 3.8) is 0 Å². The van der Waals surface area contributed by atoms with Crippen molar-refractivity contribution in [2.24, 2.45) is 0 Å². The minimum absolute atomic E-state index is 0.515. The zero-order chi connectivity index (χ0) is 7.40. The predicted octanol–water partition coefficient (Wildman–Crippen LogP) is 1.39. The lowest BCUT2D eigenvalue weighted by molar-refractivity contribution is -0.401. The second-order valence-corrected chi connectivity index (χ2v) is 2.23. The molecule has 0 saturated heterocycles. The van der Waals surface area contributed by atoms with Crippen LogP contribution in [0.5, 0.6) is 0 Å². The number of hydrogen-bond donors (Lipinski definition) is 0. The summed E-state index contributed by atoms with van der Waals surface area (Å²) in [6.45, 7) is 0. The van der Waals surface area contributed by atoms with Crippen LogP contribution in [0.3, 0.4) is 0 Å². The first-order chi connectivity index (χ1) is 4.79. The van der Waals surface area contributed by atoms with Gasteiger partial charge in [0.1, 0.15) is 0 Å². The lowest BCUT2D eigenvalue weighted by Gasteiger charge is -1.76. The molecule has 0 fully saturated rings. The monoisotopic (exact) mass is 156 g/mol. The second-order valence-electron chi connectivity index (χ2n) is 1.51. The van der Waals surface area contributed by atoms with Gasteiger partial charge in [-0.15, -0.1) is 11.3 Å². The third-order valence-electron chi connectivity index (χ3n) is 0.818. The van der Waals surface area contributed by atoms with E-state index in [1.165, 1.54) is 17.4 Å². The third-order valence-corrected chi connectivity index (χ3v) is 1.42. The largest absolute Gasteiger partial charge is 0.259 e. The summed E-state index contributed by atoms with van der Waals surface area (Å²) in [6, 6.07) is 0. The summed E-state index contributed by atoms with van der Waals surface area (Å²) in [5, 5.41) is 11.5. The molecule has 52 valence electrons. The van der Waals surface area contributed by atoms with Crippen molar-refractivity contribution in [1.82, 2.24) is 4.98 Å².